The Morgan fingerprint density at radius 2 is 1.62 bits per heavy atom. The molecule has 1 atom stereocenters. The molecule has 1 aliphatic rings. The number of hydrogen-bond acceptors (Lipinski definition) is 8. The van der Waals surface area contributed by atoms with Crippen LogP contribution < -0.4 is 20.3 Å². The minimum absolute atomic E-state index is 0.0311. The molecule has 2 heterocycles. The Morgan fingerprint density at radius 1 is 0.911 bits per heavy atom. The van der Waals surface area contributed by atoms with Crippen LogP contribution in [0.5, 0.6) is 0 Å². The molecule has 0 saturated carbocycles. The van der Waals surface area contributed by atoms with Crippen molar-refractivity contribution in [3.8, 4) is 11.1 Å². The van der Waals surface area contributed by atoms with E-state index in [1.54, 1.807) is 6.08 Å². The SMILES string of the molecule is C=CCCNc1nc(NCc2cccc(-c3ccccc3)c2)nc(N2CCC[C@@H]2CNS(=O)(=O)c2ccc(C(F)(F)F)cc2)n1. The van der Waals surface area contributed by atoms with Crippen LogP contribution in [-0.4, -0.2) is 49.0 Å². The summed E-state index contributed by atoms with van der Waals surface area (Å²) in [6.45, 7) is 5.42. The monoisotopic (exact) mass is 637 g/mol. The number of sulfonamides is 1. The third-order valence-corrected chi connectivity index (χ3v) is 8.81. The van der Waals surface area contributed by atoms with Gasteiger partial charge in [-0.2, -0.15) is 28.1 Å². The van der Waals surface area contributed by atoms with E-state index >= 15 is 0 Å². The highest BCUT2D eigenvalue weighted by molar-refractivity contribution is 7.89. The molecule has 0 spiro atoms. The molecule has 0 unspecified atom stereocenters. The maximum Gasteiger partial charge on any atom is 0.416 e. The summed E-state index contributed by atoms with van der Waals surface area (Å²) in [7, 11) is -4.04. The molecule has 45 heavy (non-hydrogen) atoms. The second-order valence-corrected chi connectivity index (χ2v) is 12.3. The van der Waals surface area contributed by atoms with Gasteiger partial charge in [-0.25, -0.2) is 13.1 Å². The molecule has 5 rings (SSSR count). The zero-order valence-electron chi connectivity index (χ0n) is 24.5. The van der Waals surface area contributed by atoms with Crippen molar-refractivity contribution < 1.29 is 21.6 Å². The highest BCUT2D eigenvalue weighted by Gasteiger charge is 2.32. The van der Waals surface area contributed by atoms with Gasteiger partial charge in [0.2, 0.25) is 27.9 Å². The largest absolute Gasteiger partial charge is 0.416 e. The number of benzene rings is 3. The number of nitrogens with zero attached hydrogens (tertiary/aromatic N) is 4. The van der Waals surface area contributed by atoms with Gasteiger partial charge < -0.3 is 15.5 Å². The quantitative estimate of drug-likeness (QED) is 0.119. The molecule has 236 valence electrons. The molecule has 4 aromatic rings. The highest BCUT2D eigenvalue weighted by atomic mass is 32.2. The Labute approximate surface area is 260 Å². The molecule has 9 nitrogen and oxygen atoms in total. The molecule has 13 heteroatoms. The van der Waals surface area contributed by atoms with Crippen LogP contribution in [0.15, 0.2) is 96.4 Å². The number of nitrogens with one attached hydrogen (secondary N) is 3. The van der Waals surface area contributed by atoms with E-state index in [4.69, 9.17) is 0 Å². The first-order chi connectivity index (χ1) is 21.6. The second-order valence-electron chi connectivity index (χ2n) is 10.6. The van der Waals surface area contributed by atoms with Gasteiger partial charge in [0.1, 0.15) is 0 Å². The lowest BCUT2D eigenvalue weighted by Gasteiger charge is -2.25. The average molecular weight is 638 g/mol. The number of halogens is 3. The van der Waals surface area contributed by atoms with Crippen LogP contribution in [-0.2, 0) is 22.7 Å². The lowest BCUT2D eigenvalue weighted by Crippen LogP contribution is -2.41. The minimum Gasteiger partial charge on any atom is -0.354 e. The summed E-state index contributed by atoms with van der Waals surface area (Å²) in [6.07, 6.45) is -0.604. The number of anilines is 3. The first-order valence-corrected chi connectivity index (χ1v) is 16.0. The predicted molar refractivity (Wildman–Crippen MR) is 169 cm³/mol. The van der Waals surface area contributed by atoms with Crippen LogP contribution in [0.3, 0.4) is 0 Å². The number of alkyl halides is 3. The zero-order valence-corrected chi connectivity index (χ0v) is 25.3. The van der Waals surface area contributed by atoms with Gasteiger partial charge in [0.25, 0.3) is 0 Å². The Hall–Kier alpha value is -4.49. The van der Waals surface area contributed by atoms with Crippen LogP contribution in [0.4, 0.5) is 31.0 Å². The van der Waals surface area contributed by atoms with Crippen molar-refractivity contribution in [2.45, 2.75) is 42.9 Å². The molecule has 0 aliphatic carbocycles. The lowest BCUT2D eigenvalue weighted by atomic mass is 10.0. The predicted octanol–water partition coefficient (Wildman–Crippen LogP) is 6.10. The van der Waals surface area contributed by atoms with Crippen molar-refractivity contribution in [3.63, 3.8) is 0 Å². The van der Waals surface area contributed by atoms with Crippen LogP contribution in [0.2, 0.25) is 0 Å². The maximum absolute atomic E-state index is 12.9. The molecule has 1 aromatic heterocycles. The Balaban J connectivity index is 1.31. The van der Waals surface area contributed by atoms with Gasteiger partial charge in [-0.3, -0.25) is 0 Å². The first-order valence-electron chi connectivity index (χ1n) is 14.5. The third kappa shape index (κ3) is 8.37. The Kier molecular flexibility index (Phi) is 9.99. The van der Waals surface area contributed by atoms with Gasteiger partial charge in [0.15, 0.2) is 0 Å². The Bertz CT molecular complexity index is 1700. The van der Waals surface area contributed by atoms with E-state index in [0.29, 0.717) is 50.3 Å². The van der Waals surface area contributed by atoms with Crippen LogP contribution in [0.25, 0.3) is 11.1 Å². The molecule has 3 aromatic carbocycles. The van der Waals surface area contributed by atoms with Crippen molar-refractivity contribution in [1.29, 1.82) is 0 Å². The van der Waals surface area contributed by atoms with E-state index in [-0.39, 0.29) is 17.5 Å². The standard InChI is InChI=1S/C32H34F3N7O2S/c1-2-3-18-36-29-39-30(37-21-23-9-7-12-25(20-23)24-10-5-4-6-11-24)41-31(40-29)42-19-8-13-27(42)22-38-45(43,44)28-16-14-26(15-17-28)32(33,34)35/h2,4-7,9-12,14-17,20,27,38H,1,3,8,13,18-19,21-22H2,(H2,36,37,39,40,41)/t27-/m1/s1. The van der Waals surface area contributed by atoms with E-state index < -0.39 is 21.8 Å². The molecule has 0 radical (unpaired) electrons. The molecule has 3 N–H and O–H groups in total. The molecule has 0 bridgehead atoms. The van der Waals surface area contributed by atoms with Crippen LogP contribution >= 0.6 is 0 Å². The van der Waals surface area contributed by atoms with Crippen LogP contribution in [0, 0.1) is 0 Å². The summed E-state index contributed by atoms with van der Waals surface area (Å²) in [5, 5.41) is 6.50. The normalized spacial score (nSPS) is 15.2. The summed E-state index contributed by atoms with van der Waals surface area (Å²) in [4.78, 5) is 15.5. The maximum atomic E-state index is 12.9. The van der Waals surface area contributed by atoms with Crippen molar-refractivity contribution >= 4 is 27.9 Å². The Morgan fingerprint density at radius 3 is 2.33 bits per heavy atom. The number of rotatable bonds is 13. The highest BCUT2D eigenvalue weighted by Crippen LogP contribution is 2.30. The molecule has 0 amide bonds. The van der Waals surface area contributed by atoms with Gasteiger partial charge in [-0.15, -0.1) is 6.58 Å². The van der Waals surface area contributed by atoms with Crippen LogP contribution in [0.1, 0.15) is 30.4 Å². The fourth-order valence-electron chi connectivity index (χ4n) is 5.03. The average Bonchev–Trinajstić information content (AvgIpc) is 3.52. The molecule has 1 aliphatic heterocycles. The summed E-state index contributed by atoms with van der Waals surface area (Å²) in [5.41, 5.74) is 2.33. The second kappa shape index (κ2) is 14.1. The van der Waals surface area contributed by atoms with Crippen molar-refractivity contribution in [2.75, 3.05) is 35.2 Å². The van der Waals surface area contributed by atoms with Gasteiger partial charge in [0, 0.05) is 32.2 Å². The fraction of sp³-hybridized carbons (Fsp3) is 0.281. The van der Waals surface area contributed by atoms with Gasteiger partial charge in [0.05, 0.1) is 10.5 Å². The van der Waals surface area contributed by atoms with E-state index in [9.17, 15) is 21.6 Å². The van der Waals surface area contributed by atoms with Crippen molar-refractivity contribution in [1.82, 2.24) is 19.7 Å². The topological polar surface area (TPSA) is 112 Å². The number of hydrogen-bond donors (Lipinski definition) is 3. The van der Waals surface area contributed by atoms with E-state index in [1.807, 2.05) is 35.2 Å². The summed E-state index contributed by atoms with van der Waals surface area (Å²) >= 11 is 0. The van der Waals surface area contributed by atoms with E-state index in [1.165, 1.54) is 0 Å². The summed E-state index contributed by atoms with van der Waals surface area (Å²) in [5.74, 6) is 1.13. The molecule has 1 fully saturated rings. The summed E-state index contributed by atoms with van der Waals surface area (Å²) in [6, 6.07) is 21.4. The molecular formula is C32H34F3N7O2S. The first kappa shape index (κ1) is 31.9. The third-order valence-electron chi connectivity index (χ3n) is 7.37. The molecule has 1 saturated heterocycles. The van der Waals surface area contributed by atoms with Crippen molar-refractivity contribution in [3.05, 3.63) is 103 Å². The number of aromatic nitrogens is 3. The van der Waals surface area contributed by atoms with Gasteiger partial charge >= 0.3 is 6.18 Å². The van der Waals surface area contributed by atoms with Gasteiger partial charge in [-0.1, -0.05) is 54.6 Å². The van der Waals surface area contributed by atoms with Gasteiger partial charge in [-0.05, 0) is 66.3 Å². The fourth-order valence-corrected chi connectivity index (χ4v) is 6.11. The molecular weight excluding hydrogens is 603 g/mol. The summed E-state index contributed by atoms with van der Waals surface area (Å²) < 4.78 is 67.1. The van der Waals surface area contributed by atoms with E-state index in [0.717, 1.165) is 47.4 Å². The van der Waals surface area contributed by atoms with E-state index in [2.05, 4.69) is 61.2 Å². The minimum atomic E-state index is -4.55. The lowest BCUT2D eigenvalue weighted by molar-refractivity contribution is -0.137. The smallest absolute Gasteiger partial charge is 0.354 e. The zero-order chi connectivity index (χ0) is 31.9. The van der Waals surface area contributed by atoms with Crippen molar-refractivity contribution in [2.24, 2.45) is 0 Å².